The standard InChI is InChI=1S/C22H19N5OS/c28-21(26-24-14-18-10-6-7-13-23-18)16-29-22-25-19-11-4-5-12-20(19)27(22)15-17-8-2-1-3-9-17/h1-14H,15-16H2,(H,23,26,28)/p+1. The molecule has 0 spiro atoms. The molecule has 2 N–H and O–H groups in total. The monoisotopic (exact) mass is 402 g/mol. The third-order valence-electron chi connectivity index (χ3n) is 4.28. The summed E-state index contributed by atoms with van der Waals surface area (Å²) in [5, 5.41) is 4.90. The van der Waals surface area contributed by atoms with Crippen molar-refractivity contribution in [3.63, 3.8) is 0 Å². The zero-order valence-electron chi connectivity index (χ0n) is 15.7. The number of rotatable bonds is 7. The molecular weight excluding hydrogens is 382 g/mol. The molecule has 0 bridgehead atoms. The van der Waals surface area contributed by atoms with E-state index in [0.717, 1.165) is 22.7 Å². The number of nitrogens with zero attached hydrogens (tertiary/aromatic N) is 3. The van der Waals surface area contributed by atoms with Gasteiger partial charge in [-0.3, -0.25) is 9.78 Å². The summed E-state index contributed by atoms with van der Waals surface area (Å²) >= 11 is 1.45. The predicted octanol–water partition coefficient (Wildman–Crippen LogP) is 3.14. The van der Waals surface area contributed by atoms with Crippen LogP contribution < -0.4 is 9.99 Å². The molecule has 1 amide bonds. The maximum absolute atomic E-state index is 12.2. The Morgan fingerprint density at radius 1 is 1.07 bits per heavy atom. The van der Waals surface area contributed by atoms with Crippen molar-refractivity contribution in [2.45, 2.75) is 11.7 Å². The third kappa shape index (κ3) is 4.89. The van der Waals surface area contributed by atoms with E-state index < -0.39 is 0 Å². The molecule has 0 aliphatic rings. The number of carbonyl (C=O) groups is 1. The minimum Gasteiger partial charge on any atom is -0.272 e. The van der Waals surface area contributed by atoms with Gasteiger partial charge in [-0.2, -0.15) is 5.10 Å². The van der Waals surface area contributed by atoms with Crippen LogP contribution in [0, 0.1) is 0 Å². The van der Waals surface area contributed by atoms with Gasteiger partial charge in [0, 0.05) is 6.20 Å². The molecule has 4 rings (SSSR count). The molecule has 0 saturated heterocycles. The van der Waals surface area contributed by atoms with Gasteiger partial charge in [-0.1, -0.05) is 48.5 Å². The number of hydrazone groups is 1. The maximum atomic E-state index is 12.2. The van der Waals surface area contributed by atoms with Gasteiger partial charge in [0.05, 0.1) is 17.7 Å². The number of aromatic amines is 1. The smallest absolute Gasteiger partial charge is 0.272 e. The number of hydrogen-bond acceptors (Lipinski definition) is 4. The Labute approximate surface area is 172 Å². The summed E-state index contributed by atoms with van der Waals surface area (Å²) in [5.74, 6) is 0.0772. The Kier molecular flexibility index (Phi) is 5.97. The van der Waals surface area contributed by atoms with Gasteiger partial charge < -0.3 is 0 Å². The van der Waals surface area contributed by atoms with Gasteiger partial charge in [-0.15, -0.1) is 0 Å². The lowest BCUT2D eigenvalue weighted by atomic mass is 10.2. The van der Waals surface area contributed by atoms with Crippen molar-refractivity contribution in [1.82, 2.24) is 15.4 Å². The second kappa shape index (κ2) is 9.16. The van der Waals surface area contributed by atoms with Crippen molar-refractivity contribution in [2.24, 2.45) is 5.10 Å². The lowest BCUT2D eigenvalue weighted by Crippen LogP contribution is -2.36. The number of H-pyrrole nitrogens is 1. The van der Waals surface area contributed by atoms with E-state index in [1.54, 1.807) is 6.20 Å². The molecule has 0 fully saturated rings. The molecular formula is C22H20N5OS+. The molecule has 0 unspecified atom stereocenters. The number of aromatic nitrogens is 3. The Balaban J connectivity index is 1.45. The van der Waals surface area contributed by atoms with Gasteiger partial charge in [-0.05, 0) is 41.6 Å². The predicted molar refractivity (Wildman–Crippen MR) is 115 cm³/mol. The number of hydrogen-bond donors (Lipinski definition) is 2. The Morgan fingerprint density at radius 2 is 1.86 bits per heavy atom. The molecule has 144 valence electrons. The lowest BCUT2D eigenvalue weighted by Gasteiger charge is -2.02. The Bertz CT molecular complexity index is 1130. The van der Waals surface area contributed by atoms with Crippen LogP contribution in [-0.2, 0) is 11.3 Å². The number of nitrogens with one attached hydrogen (secondary N) is 2. The van der Waals surface area contributed by atoms with Crippen molar-refractivity contribution in [2.75, 3.05) is 5.75 Å². The second-order valence-electron chi connectivity index (χ2n) is 6.36. The van der Waals surface area contributed by atoms with E-state index in [2.05, 4.69) is 43.3 Å². The van der Waals surface area contributed by atoms with Crippen molar-refractivity contribution < 1.29 is 9.36 Å². The largest absolute Gasteiger partial charge is 0.317 e. The summed E-state index contributed by atoms with van der Waals surface area (Å²) < 4.78 is 2.19. The van der Waals surface area contributed by atoms with E-state index >= 15 is 0 Å². The average molecular weight is 403 g/mol. The molecule has 2 heterocycles. The van der Waals surface area contributed by atoms with Gasteiger partial charge in [0.25, 0.3) is 5.91 Å². The fourth-order valence-corrected chi connectivity index (χ4v) is 3.77. The SMILES string of the molecule is O=C(CSc1[nH]c2ccccc2[n+]1Cc1ccccc1)NN=Cc1ccccn1. The molecule has 0 atom stereocenters. The number of amides is 1. The first-order valence-corrected chi connectivity index (χ1v) is 10.2. The van der Waals surface area contributed by atoms with E-state index in [1.165, 1.54) is 23.5 Å². The highest BCUT2D eigenvalue weighted by atomic mass is 32.2. The number of pyridine rings is 1. The molecule has 0 aliphatic carbocycles. The van der Waals surface area contributed by atoms with Crippen molar-refractivity contribution in [3.05, 3.63) is 90.3 Å². The normalized spacial score (nSPS) is 11.2. The van der Waals surface area contributed by atoms with Gasteiger partial charge >= 0.3 is 5.16 Å². The summed E-state index contributed by atoms with van der Waals surface area (Å²) in [7, 11) is 0. The zero-order chi connectivity index (χ0) is 19.9. The number of carbonyl (C=O) groups excluding carboxylic acids is 1. The number of fused-ring (bicyclic) bond motifs is 1. The first-order valence-electron chi connectivity index (χ1n) is 9.20. The zero-order valence-corrected chi connectivity index (χ0v) is 16.5. The molecule has 6 nitrogen and oxygen atoms in total. The third-order valence-corrected chi connectivity index (χ3v) is 5.28. The number of thioether (sulfide) groups is 1. The summed E-state index contributed by atoms with van der Waals surface area (Å²) in [4.78, 5) is 19.8. The van der Waals surface area contributed by atoms with E-state index in [0.29, 0.717) is 5.69 Å². The van der Waals surface area contributed by atoms with Crippen molar-refractivity contribution >= 4 is 34.9 Å². The Morgan fingerprint density at radius 3 is 2.69 bits per heavy atom. The van der Waals surface area contributed by atoms with Crippen LogP contribution in [-0.4, -0.2) is 27.8 Å². The summed E-state index contributed by atoms with van der Waals surface area (Å²) in [5.41, 5.74) is 6.59. The first-order chi connectivity index (χ1) is 14.3. The minimum absolute atomic E-state index is 0.174. The van der Waals surface area contributed by atoms with E-state index in [1.807, 2.05) is 54.6 Å². The molecule has 4 aromatic rings. The number of imidazole rings is 1. The average Bonchev–Trinajstić information content (AvgIpc) is 3.11. The van der Waals surface area contributed by atoms with Crippen LogP contribution in [0.15, 0.2) is 89.3 Å². The van der Waals surface area contributed by atoms with Crippen molar-refractivity contribution in [3.8, 4) is 0 Å². The molecule has 0 saturated carbocycles. The second-order valence-corrected chi connectivity index (χ2v) is 7.32. The fraction of sp³-hybridized carbons (Fsp3) is 0.0909. The van der Waals surface area contributed by atoms with Crippen LogP contribution in [0.3, 0.4) is 0 Å². The van der Waals surface area contributed by atoms with Gasteiger partial charge in [0.1, 0.15) is 6.54 Å². The van der Waals surface area contributed by atoms with Crippen LogP contribution in [0.25, 0.3) is 11.0 Å². The van der Waals surface area contributed by atoms with Crippen LogP contribution >= 0.6 is 11.8 Å². The highest BCUT2D eigenvalue weighted by Crippen LogP contribution is 2.18. The number of para-hydroxylation sites is 2. The molecule has 29 heavy (non-hydrogen) atoms. The highest BCUT2D eigenvalue weighted by Gasteiger charge is 2.20. The Hall–Kier alpha value is -3.45. The highest BCUT2D eigenvalue weighted by molar-refractivity contribution is 7.99. The first kappa shape index (κ1) is 18.9. The lowest BCUT2D eigenvalue weighted by molar-refractivity contribution is -0.700. The van der Waals surface area contributed by atoms with Crippen LogP contribution in [0.4, 0.5) is 0 Å². The summed E-state index contributed by atoms with van der Waals surface area (Å²) in [6, 6.07) is 23.9. The summed E-state index contributed by atoms with van der Waals surface area (Å²) in [6.07, 6.45) is 3.21. The van der Waals surface area contributed by atoms with Crippen LogP contribution in [0.5, 0.6) is 0 Å². The molecule has 7 heteroatoms. The molecule has 2 aromatic heterocycles. The topological polar surface area (TPSA) is 74.0 Å². The van der Waals surface area contributed by atoms with E-state index in [9.17, 15) is 4.79 Å². The van der Waals surface area contributed by atoms with Gasteiger partial charge in [-0.25, -0.2) is 15.0 Å². The maximum Gasteiger partial charge on any atom is 0.317 e. The minimum atomic E-state index is -0.174. The van der Waals surface area contributed by atoms with Gasteiger partial charge in [0.15, 0.2) is 11.0 Å². The molecule has 0 radical (unpaired) electrons. The quantitative estimate of drug-likeness (QED) is 0.216. The molecule has 0 aliphatic heterocycles. The van der Waals surface area contributed by atoms with E-state index in [4.69, 9.17) is 0 Å². The fourth-order valence-electron chi connectivity index (χ4n) is 2.93. The van der Waals surface area contributed by atoms with Gasteiger partial charge in [0.2, 0.25) is 0 Å². The molecule has 2 aromatic carbocycles. The van der Waals surface area contributed by atoms with E-state index in [-0.39, 0.29) is 11.7 Å². The van der Waals surface area contributed by atoms with Crippen LogP contribution in [0.1, 0.15) is 11.3 Å². The summed E-state index contributed by atoms with van der Waals surface area (Å²) in [6.45, 7) is 0.729. The van der Waals surface area contributed by atoms with Crippen molar-refractivity contribution in [1.29, 1.82) is 0 Å². The number of benzene rings is 2. The van der Waals surface area contributed by atoms with Crippen LogP contribution in [0.2, 0.25) is 0 Å².